The SMILES string of the molecule is C=CCn1c(-c2sc(NC(=O)c3ccc(-c4ccccc4F)o3)nc2C)n[nH]c1=S. The highest BCUT2D eigenvalue weighted by atomic mass is 32.1. The Morgan fingerprint density at radius 1 is 1.40 bits per heavy atom. The van der Waals surface area contributed by atoms with Gasteiger partial charge in [0.2, 0.25) is 0 Å². The van der Waals surface area contributed by atoms with Crippen molar-refractivity contribution in [3.63, 3.8) is 0 Å². The number of amides is 1. The summed E-state index contributed by atoms with van der Waals surface area (Å²) in [6, 6.07) is 9.25. The number of allylic oxidation sites excluding steroid dienone is 1. The Kier molecular flexibility index (Phi) is 5.42. The first-order chi connectivity index (χ1) is 14.5. The molecule has 1 aromatic carbocycles. The number of carbonyl (C=O) groups excluding carboxylic acids is 1. The van der Waals surface area contributed by atoms with Gasteiger partial charge in [-0.15, -0.1) is 6.58 Å². The highest BCUT2D eigenvalue weighted by Crippen LogP contribution is 2.32. The first-order valence-electron chi connectivity index (χ1n) is 8.88. The van der Waals surface area contributed by atoms with E-state index in [0.29, 0.717) is 28.0 Å². The molecule has 0 radical (unpaired) electrons. The van der Waals surface area contributed by atoms with Crippen LogP contribution in [0.25, 0.3) is 22.0 Å². The number of aromatic nitrogens is 4. The summed E-state index contributed by atoms with van der Waals surface area (Å²) >= 11 is 6.51. The fourth-order valence-electron chi connectivity index (χ4n) is 2.87. The van der Waals surface area contributed by atoms with Crippen LogP contribution in [0.2, 0.25) is 0 Å². The Morgan fingerprint density at radius 2 is 2.20 bits per heavy atom. The Bertz CT molecular complexity index is 1300. The van der Waals surface area contributed by atoms with Gasteiger partial charge in [-0.25, -0.2) is 9.37 Å². The molecule has 7 nitrogen and oxygen atoms in total. The molecule has 1 amide bonds. The van der Waals surface area contributed by atoms with E-state index in [9.17, 15) is 9.18 Å². The number of aromatic amines is 1. The van der Waals surface area contributed by atoms with Crippen LogP contribution in [0.5, 0.6) is 0 Å². The molecule has 4 rings (SSSR count). The number of hydrogen-bond acceptors (Lipinski definition) is 6. The van der Waals surface area contributed by atoms with E-state index in [4.69, 9.17) is 16.6 Å². The number of halogens is 1. The minimum Gasteiger partial charge on any atom is -0.451 e. The van der Waals surface area contributed by atoms with Gasteiger partial charge < -0.3 is 4.42 Å². The number of anilines is 1. The maximum atomic E-state index is 13.9. The van der Waals surface area contributed by atoms with Crippen LogP contribution in [0.4, 0.5) is 9.52 Å². The van der Waals surface area contributed by atoms with Crippen molar-refractivity contribution >= 4 is 34.6 Å². The molecule has 0 saturated heterocycles. The molecule has 3 aromatic heterocycles. The number of nitrogens with one attached hydrogen (secondary N) is 2. The van der Waals surface area contributed by atoms with Crippen molar-refractivity contribution in [1.29, 1.82) is 0 Å². The monoisotopic (exact) mass is 441 g/mol. The summed E-state index contributed by atoms with van der Waals surface area (Å²) in [6.07, 6.45) is 1.72. The molecule has 2 N–H and O–H groups in total. The summed E-state index contributed by atoms with van der Waals surface area (Å²) in [5.74, 6) is 0.0382. The smallest absolute Gasteiger partial charge is 0.293 e. The standard InChI is InChI=1S/C20H16FN5O2S2/c1-3-10-26-17(24-25-20(26)29)16-11(2)22-19(30-16)23-18(27)15-9-8-14(28-15)12-6-4-5-7-13(12)21/h3-9H,1,10H2,2H3,(H,25,29)(H,22,23,27). The van der Waals surface area contributed by atoms with E-state index < -0.39 is 11.7 Å². The van der Waals surface area contributed by atoms with E-state index in [1.165, 1.54) is 23.5 Å². The van der Waals surface area contributed by atoms with Crippen LogP contribution in [0.15, 0.2) is 53.5 Å². The molecule has 0 aliphatic carbocycles. The predicted octanol–water partition coefficient (Wildman–Crippen LogP) is 5.21. The topological polar surface area (TPSA) is 88.7 Å². The van der Waals surface area contributed by atoms with Gasteiger partial charge in [0, 0.05) is 6.54 Å². The Hall–Kier alpha value is -3.37. The zero-order valence-electron chi connectivity index (χ0n) is 15.8. The lowest BCUT2D eigenvalue weighted by Gasteiger charge is -2.01. The van der Waals surface area contributed by atoms with Crippen LogP contribution in [-0.2, 0) is 6.54 Å². The number of rotatable bonds is 6. The first-order valence-corrected chi connectivity index (χ1v) is 10.1. The van der Waals surface area contributed by atoms with Gasteiger partial charge in [0.25, 0.3) is 5.91 Å². The molecule has 4 aromatic rings. The molecule has 0 spiro atoms. The molecule has 0 saturated carbocycles. The van der Waals surface area contributed by atoms with Gasteiger partial charge in [-0.2, -0.15) is 5.10 Å². The molecular weight excluding hydrogens is 425 g/mol. The summed E-state index contributed by atoms with van der Waals surface area (Å²) in [5, 5.41) is 10.1. The summed E-state index contributed by atoms with van der Waals surface area (Å²) < 4.78 is 21.7. The lowest BCUT2D eigenvalue weighted by Crippen LogP contribution is -2.10. The Labute approximate surface area is 179 Å². The zero-order chi connectivity index (χ0) is 21.3. The van der Waals surface area contributed by atoms with E-state index in [2.05, 4.69) is 27.1 Å². The van der Waals surface area contributed by atoms with Gasteiger partial charge in [-0.3, -0.25) is 19.8 Å². The molecular formula is C20H16FN5O2S2. The van der Waals surface area contributed by atoms with E-state index in [1.807, 2.05) is 6.92 Å². The van der Waals surface area contributed by atoms with Crippen molar-refractivity contribution in [2.75, 3.05) is 5.32 Å². The van der Waals surface area contributed by atoms with Crippen LogP contribution >= 0.6 is 23.6 Å². The molecule has 3 heterocycles. The first kappa shape index (κ1) is 19.9. The van der Waals surface area contributed by atoms with Crippen molar-refractivity contribution in [3.8, 4) is 22.0 Å². The number of aryl methyl sites for hydroxylation is 1. The predicted molar refractivity (Wildman–Crippen MR) is 116 cm³/mol. The number of furan rings is 1. The minimum atomic E-state index is -0.483. The number of benzene rings is 1. The zero-order valence-corrected chi connectivity index (χ0v) is 17.4. The van der Waals surface area contributed by atoms with Crippen LogP contribution in [0, 0.1) is 17.5 Å². The molecule has 0 unspecified atom stereocenters. The van der Waals surface area contributed by atoms with Gasteiger partial charge in [0.1, 0.15) is 11.6 Å². The number of carbonyl (C=O) groups is 1. The second-order valence-corrected chi connectivity index (χ2v) is 7.67. The third-order valence-corrected chi connectivity index (χ3v) is 5.64. The fourth-order valence-corrected chi connectivity index (χ4v) is 4.04. The van der Waals surface area contributed by atoms with Crippen LogP contribution in [0.3, 0.4) is 0 Å². The normalized spacial score (nSPS) is 10.9. The quantitative estimate of drug-likeness (QED) is 0.317. The molecule has 0 aliphatic heterocycles. The van der Waals surface area contributed by atoms with Gasteiger partial charge in [-0.1, -0.05) is 29.5 Å². The van der Waals surface area contributed by atoms with Crippen molar-refractivity contribution in [1.82, 2.24) is 19.7 Å². The maximum absolute atomic E-state index is 13.9. The Morgan fingerprint density at radius 3 is 2.97 bits per heavy atom. The van der Waals surface area contributed by atoms with E-state index in [-0.39, 0.29) is 17.1 Å². The van der Waals surface area contributed by atoms with Crippen LogP contribution < -0.4 is 5.32 Å². The number of H-pyrrole nitrogens is 1. The van der Waals surface area contributed by atoms with Crippen molar-refractivity contribution in [2.24, 2.45) is 0 Å². The third-order valence-electron chi connectivity index (χ3n) is 4.26. The van der Waals surface area contributed by atoms with Gasteiger partial charge in [-0.05, 0) is 43.4 Å². The summed E-state index contributed by atoms with van der Waals surface area (Å²) in [7, 11) is 0. The largest absolute Gasteiger partial charge is 0.451 e. The summed E-state index contributed by atoms with van der Waals surface area (Å²) in [6.45, 7) is 6.04. The third kappa shape index (κ3) is 3.74. The van der Waals surface area contributed by atoms with Crippen LogP contribution in [0.1, 0.15) is 16.2 Å². The molecule has 152 valence electrons. The fraction of sp³-hybridized carbons (Fsp3) is 0.100. The molecule has 0 aliphatic rings. The highest BCUT2D eigenvalue weighted by Gasteiger charge is 2.19. The summed E-state index contributed by atoms with van der Waals surface area (Å²) in [4.78, 5) is 17.8. The van der Waals surface area contributed by atoms with Gasteiger partial charge in [0.15, 0.2) is 21.5 Å². The van der Waals surface area contributed by atoms with Crippen molar-refractivity contribution < 1.29 is 13.6 Å². The average Bonchev–Trinajstić information content (AvgIpc) is 3.43. The molecule has 0 atom stereocenters. The number of hydrogen-bond donors (Lipinski definition) is 2. The van der Waals surface area contributed by atoms with Crippen molar-refractivity contribution in [3.05, 3.63) is 71.1 Å². The van der Waals surface area contributed by atoms with Crippen molar-refractivity contribution in [2.45, 2.75) is 13.5 Å². The average molecular weight is 442 g/mol. The highest BCUT2D eigenvalue weighted by molar-refractivity contribution is 7.71. The Balaban J connectivity index is 1.57. The van der Waals surface area contributed by atoms with E-state index in [1.54, 1.807) is 34.9 Å². The minimum absolute atomic E-state index is 0.0528. The lowest BCUT2D eigenvalue weighted by molar-refractivity contribution is 0.0997. The molecule has 0 bridgehead atoms. The molecule has 10 heteroatoms. The number of thiazole rings is 1. The van der Waals surface area contributed by atoms with Gasteiger partial charge >= 0.3 is 0 Å². The molecule has 0 fully saturated rings. The van der Waals surface area contributed by atoms with E-state index in [0.717, 1.165) is 4.88 Å². The summed E-state index contributed by atoms with van der Waals surface area (Å²) in [5.41, 5.74) is 0.982. The molecule has 30 heavy (non-hydrogen) atoms. The second kappa shape index (κ2) is 8.17. The van der Waals surface area contributed by atoms with Crippen LogP contribution in [-0.4, -0.2) is 25.7 Å². The van der Waals surface area contributed by atoms with Gasteiger partial charge in [0.05, 0.1) is 16.1 Å². The number of nitrogens with zero attached hydrogens (tertiary/aromatic N) is 3. The maximum Gasteiger partial charge on any atom is 0.293 e. The second-order valence-electron chi connectivity index (χ2n) is 6.28. The lowest BCUT2D eigenvalue weighted by atomic mass is 10.1. The van der Waals surface area contributed by atoms with E-state index >= 15 is 0 Å².